The van der Waals surface area contributed by atoms with Crippen molar-refractivity contribution in [3.63, 3.8) is 0 Å². The van der Waals surface area contributed by atoms with Crippen LogP contribution in [-0.2, 0) is 13.1 Å². The SMILES string of the molecule is CSc1cc(C(=O)N2CCC(c3nnc4n3CCNC4)CC2)ccc1F. The molecule has 0 atom stereocenters. The van der Waals surface area contributed by atoms with Crippen LogP contribution in [0.3, 0.4) is 0 Å². The van der Waals surface area contributed by atoms with Gasteiger partial charge >= 0.3 is 0 Å². The fourth-order valence-electron chi connectivity index (χ4n) is 3.73. The minimum atomic E-state index is -0.279. The number of fused-ring (bicyclic) bond motifs is 1. The number of carbonyl (C=O) groups is 1. The van der Waals surface area contributed by atoms with Gasteiger partial charge in [-0.2, -0.15) is 0 Å². The Labute approximate surface area is 156 Å². The van der Waals surface area contributed by atoms with Crippen LogP contribution in [0.2, 0.25) is 0 Å². The second-order valence-corrected chi connectivity index (χ2v) is 7.57. The second-order valence-electron chi connectivity index (χ2n) is 6.72. The summed E-state index contributed by atoms with van der Waals surface area (Å²) in [6.07, 6.45) is 3.58. The van der Waals surface area contributed by atoms with Gasteiger partial charge in [0.15, 0.2) is 0 Å². The molecule has 0 spiro atoms. The van der Waals surface area contributed by atoms with Gasteiger partial charge in [-0.3, -0.25) is 4.79 Å². The first-order chi connectivity index (χ1) is 12.7. The van der Waals surface area contributed by atoms with E-state index in [2.05, 4.69) is 20.1 Å². The van der Waals surface area contributed by atoms with Gasteiger partial charge in [0.1, 0.15) is 17.5 Å². The Morgan fingerprint density at radius 1 is 1.27 bits per heavy atom. The molecular formula is C18H22FN5OS. The molecule has 2 aliphatic rings. The van der Waals surface area contributed by atoms with Gasteiger partial charge in [-0.15, -0.1) is 22.0 Å². The molecule has 0 saturated carbocycles. The van der Waals surface area contributed by atoms with Gasteiger partial charge in [0.2, 0.25) is 0 Å². The lowest BCUT2D eigenvalue weighted by Crippen LogP contribution is -2.39. The van der Waals surface area contributed by atoms with Gasteiger partial charge in [-0.05, 0) is 37.3 Å². The fraction of sp³-hybridized carbons (Fsp3) is 0.500. The minimum Gasteiger partial charge on any atom is -0.339 e. The normalized spacial score (nSPS) is 18.0. The summed E-state index contributed by atoms with van der Waals surface area (Å²) in [5, 5.41) is 12.0. The number of hydrogen-bond acceptors (Lipinski definition) is 5. The first kappa shape index (κ1) is 17.5. The number of rotatable bonds is 3. The van der Waals surface area contributed by atoms with Crippen molar-refractivity contribution >= 4 is 17.7 Å². The Kier molecular flexibility index (Phi) is 4.95. The molecule has 2 aliphatic heterocycles. The molecule has 138 valence electrons. The molecule has 1 saturated heterocycles. The van der Waals surface area contributed by atoms with E-state index in [1.165, 1.54) is 17.8 Å². The maximum atomic E-state index is 13.7. The third kappa shape index (κ3) is 3.23. The number of benzene rings is 1. The number of carbonyl (C=O) groups excluding carboxylic acids is 1. The molecule has 1 aromatic carbocycles. The van der Waals surface area contributed by atoms with E-state index < -0.39 is 0 Å². The molecule has 3 heterocycles. The maximum absolute atomic E-state index is 13.7. The number of hydrogen-bond donors (Lipinski definition) is 1. The summed E-state index contributed by atoms with van der Waals surface area (Å²) >= 11 is 1.32. The Morgan fingerprint density at radius 3 is 2.85 bits per heavy atom. The topological polar surface area (TPSA) is 63.1 Å². The van der Waals surface area contributed by atoms with E-state index >= 15 is 0 Å². The monoisotopic (exact) mass is 375 g/mol. The number of piperidine rings is 1. The number of nitrogens with one attached hydrogen (secondary N) is 1. The number of aromatic nitrogens is 3. The van der Waals surface area contributed by atoms with Crippen LogP contribution in [0.1, 0.15) is 40.8 Å². The maximum Gasteiger partial charge on any atom is 0.253 e. The lowest BCUT2D eigenvalue weighted by molar-refractivity contribution is 0.0709. The minimum absolute atomic E-state index is 0.0220. The quantitative estimate of drug-likeness (QED) is 0.834. The van der Waals surface area contributed by atoms with E-state index in [0.717, 1.165) is 44.1 Å². The van der Waals surface area contributed by atoms with Crippen LogP contribution >= 0.6 is 11.8 Å². The first-order valence-corrected chi connectivity index (χ1v) is 10.2. The van der Waals surface area contributed by atoms with Crippen LogP contribution in [0.25, 0.3) is 0 Å². The molecule has 2 aromatic rings. The molecule has 0 bridgehead atoms. The molecule has 0 unspecified atom stereocenters. The highest BCUT2D eigenvalue weighted by molar-refractivity contribution is 7.98. The van der Waals surface area contributed by atoms with Crippen molar-refractivity contribution < 1.29 is 9.18 Å². The third-order valence-electron chi connectivity index (χ3n) is 5.20. The lowest BCUT2D eigenvalue weighted by atomic mass is 9.95. The van der Waals surface area contributed by atoms with Crippen LogP contribution in [-0.4, -0.2) is 51.5 Å². The van der Waals surface area contributed by atoms with Crippen LogP contribution in [0.4, 0.5) is 4.39 Å². The molecule has 6 nitrogen and oxygen atoms in total. The number of thioether (sulfide) groups is 1. The Morgan fingerprint density at radius 2 is 2.08 bits per heavy atom. The molecule has 0 radical (unpaired) electrons. The number of likely N-dealkylation sites (tertiary alicyclic amines) is 1. The lowest BCUT2D eigenvalue weighted by Gasteiger charge is -2.32. The molecule has 1 amide bonds. The van der Waals surface area contributed by atoms with Gasteiger partial charge in [-0.1, -0.05) is 0 Å². The summed E-state index contributed by atoms with van der Waals surface area (Å²) in [6, 6.07) is 4.60. The summed E-state index contributed by atoms with van der Waals surface area (Å²) in [7, 11) is 0. The van der Waals surface area contributed by atoms with E-state index in [0.29, 0.717) is 29.5 Å². The van der Waals surface area contributed by atoms with Crippen LogP contribution in [0, 0.1) is 5.82 Å². The zero-order valence-corrected chi connectivity index (χ0v) is 15.6. The van der Waals surface area contributed by atoms with E-state index in [1.807, 2.05) is 11.2 Å². The number of halogens is 1. The Bertz CT molecular complexity index is 816. The van der Waals surface area contributed by atoms with Crippen molar-refractivity contribution in [2.75, 3.05) is 25.9 Å². The van der Waals surface area contributed by atoms with Gasteiger partial charge in [0.25, 0.3) is 5.91 Å². The van der Waals surface area contributed by atoms with Crippen molar-refractivity contribution in [2.45, 2.75) is 36.7 Å². The average Bonchev–Trinajstić information content (AvgIpc) is 3.12. The molecule has 0 aliphatic carbocycles. The molecule has 4 rings (SSSR count). The van der Waals surface area contributed by atoms with Crippen molar-refractivity contribution in [1.29, 1.82) is 0 Å². The van der Waals surface area contributed by atoms with Crippen molar-refractivity contribution in [3.05, 3.63) is 41.2 Å². The van der Waals surface area contributed by atoms with Crippen molar-refractivity contribution in [2.24, 2.45) is 0 Å². The molecule has 1 N–H and O–H groups in total. The smallest absolute Gasteiger partial charge is 0.253 e. The Hall–Kier alpha value is -1.93. The molecule has 1 fully saturated rings. The van der Waals surface area contributed by atoms with Crippen molar-refractivity contribution in [1.82, 2.24) is 25.0 Å². The summed E-state index contributed by atoms with van der Waals surface area (Å²) in [5.41, 5.74) is 0.556. The van der Waals surface area contributed by atoms with Crippen molar-refractivity contribution in [3.8, 4) is 0 Å². The van der Waals surface area contributed by atoms with E-state index in [9.17, 15) is 9.18 Å². The predicted octanol–water partition coefficient (Wildman–Crippen LogP) is 2.26. The summed E-state index contributed by atoms with van der Waals surface area (Å²) in [4.78, 5) is 15.1. The molecular weight excluding hydrogens is 353 g/mol. The molecule has 1 aromatic heterocycles. The standard InChI is InChI=1S/C18H22FN5OS/c1-26-15-10-13(2-3-14(15)19)18(25)23-7-4-12(5-8-23)17-22-21-16-11-20-6-9-24(16)17/h2-3,10,12,20H,4-9,11H2,1H3. The fourth-order valence-corrected chi connectivity index (χ4v) is 4.24. The highest BCUT2D eigenvalue weighted by Gasteiger charge is 2.29. The van der Waals surface area contributed by atoms with Gasteiger partial charge in [0.05, 0.1) is 6.54 Å². The number of nitrogens with zero attached hydrogens (tertiary/aromatic N) is 4. The van der Waals surface area contributed by atoms with E-state index in [-0.39, 0.29) is 11.7 Å². The zero-order valence-electron chi connectivity index (χ0n) is 14.7. The van der Waals surface area contributed by atoms with Gasteiger partial charge in [-0.25, -0.2) is 4.39 Å². The van der Waals surface area contributed by atoms with Gasteiger partial charge < -0.3 is 14.8 Å². The summed E-state index contributed by atoms with van der Waals surface area (Å²) in [6.45, 7) is 4.00. The van der Waals surface area contributed by atoms with Crippen LogP contribution < -0.4 is 5.32 Å². The molecule has 8 heteroatoms. The number of amides is 1. The van der Waals surface area contributed by atoms with E-state index in [4.69, 9.17) is 0 Å². The summed E-state index contributed by atoms with van der Waals surface area (Å²) in [5.74, 6) is 2.10. The largest absolute Gasteiger partial charge is 0.339 e. The van der Waals surface area contributed by atoms with Gasteiger partial charge in [0, 0.05) is 42.6 Å². The highest BCUT2D eigenvalue weighted by Crippen LogP contribution is 2.29. The highest BCUT2D eigenvalue weighted by atomic mass is 32.2. The first-order valence-electron chi connectivity index (χ1n) is 8.93. The van der Waals surface area contributed by atoms with Crippen LogP contribution in [0.5, 0.6) is 0 Å². The van der Waals surface area contributed by atoms with Crippen LogP contribution in [0.15, 0.2) is 23.1 Å². The van der Waals surface area contributed by atoms with E-state index in [1.54, 1.807) is 12.1 Å². The predicted molar refractivity (Wildman–Crippen MR) is 97.8 cm³/mol. The summed E-state index contributed by atoms with van der Waals surface area (Å²) < 4.78 is 15.9. The Balaban J connectivity index is 1.43. The average molecular weight is 375 g/mol. The second kappa shape index (κ2) is 7.36. The molecule has 26 heavy (non-hydrogen) atoms. The third-order valence-corrected chi connectivity index (χ3v) is 5.95. The zero-order chi connectivity index (χ0) is 18.1.